The highest BCUT2D eigenvalue weighted by molar-refractivity contribution is 4.65. The fraction of sp³-hybridized carbons (Fsp3) is 1.00. The van der Waals surface area contributed by atoms with Gasteiger partial charge in [-0.3, -0.25) is 0 Å². The molecule has 0 aromatic heterocycles. The third-order valence-electron chi connectivity index (χ3n) is 2.08. The quantitative estimate of drug-likeness (QED) is 0.650. The molecule has 1 saturated heterocycles. The smallest absolute Gasteiger partial charge is 0.00935 e. The lowest BCUT2D eigenvalue weighted by atomic mass is 10.1. The van der Waals surface area contributed by atoms with Gasteiger partial charge in [0.05, 0.1) is 0 Å². The van der Waals surface area contributed by atoms with Crippen molar-refractivity contribution in [3.05, 3.63) is 0 Å². The predicted octanol–water partition coefficient (Wildman–Crippen LogP) is 2.74. The van der Waals surface area contributed by atoms with E-state index in [1.807, 2.05) is 20.9 Å². The maximum absolute atomic E-state index is 3.10. The first-order valence-corrected chi connectivity index (χ1v) is 5.83. The Labute approximate surface area is 91.1 Å². The SMILES string of the molecule is CC.CN1CCCC1.CNC(C)(C)C. The Bertz CT molecular complexity index is 99.4. The summed E-state index contributed by atoms with van der Waals surface area (Å²) in [4.78, 5) is 2.36. The van der Waals surface area contributed by atoms with E-state index in [2.05, 4.69) is 38.0 Å². The summed E-state index contributed by atoms with van der Waals surface area (Å²) in [6, 6.07) is 0. The van der Waals surface area contributed by atoms with Gasteiger partial charge >= 0.3 is 0 Å². The van der Waals surface area contributed by atoms with Gasteiger partial charge < -0.3 is 10.2 Å². The average molecular weight is 202 g/mol. The highest BCUT2D eigenvalue weighted by Crippen LogP contribution is 2.02. The molecule has 0 aromatic carbocycles. The average Bonchev–Trinajstić information content (AvgIpc) is 2.59. The van der Waals surface area contributed by atoms with Crippen LogP contribution in [0.25, 0.3) is 0 Å². The van der Waals surface area contributed by atoms with Gasteiger partial charge in [0.25, 0.3) is 0 Å². The lowest BCUT2D eigenvalue weighted by Crippen LogP contribution is -2.31. The van der Waals surface area contributed by atoms with Gasteiger partial charge in [0.15, 0.2) is 0 Å². The predicted molar refractivity (Wildman–Crippen MR) is 66.9 cm³/mol. The molecule has 14 heavy (non-hydrogen) atoms. The Morgan fingerprint density at radius 3 is 1.36 bits per heavy atom. The van der Waals surface area contributed by atoms with Gasteiger partial charge in [-0.05, 0) is 60.8 Å². The maximum atomic E-state index is 3.10. The van der Waals surface area contributed by atoms with Crippen molar-refractivity contribution in [2.45, 2.75) is 53.0 Å². The van der Waals surface area contributed by atoms with Gasteiger partial charge in [0, 0.05) is 5.54 Å². The molecule has 1 rings (SSSR count). The van der Waals surface area contributed by atoms with E-state index >= 15 is 0 Å². The summed E-state index contributed by atoms with van der Waals surface area (Å²) in [7, 11) is 4.13. The van der Waals surface area contributed by atoms with Crippen LogP contribution >= 0.6 is 0 Å². The molecule has 0 spiro atoms. The molecule has 0 aliphatic carbocycles. The summed E-state index contributed by atoms with van der Waals surface area (Å²) in [5.74, 6) is 0. The molecular formula is C12H30N2. The number of likely N-dealkylation sites (tertiary alicyclic amines) is 1. The Morgan fingerprint density at radius 1 is 1.00 bits per heavy atom. The molecule has 1 aliphatic heterocycles. The Kier molecular flexibility index (Phi) is 11.1. The van der Waals surface area contributed by atoms with Crippen LogP contribution in [0.1, 0.15) is 47.5 Å². The minimum Gasteiger partial charge on any atom is -0.315 e. The van der Waals surface area contributed by atoms with Crippen molar-refractivity contribution in [1.29, 1.82) is 0 Å². The van der Waals surface area contributed by atoms with Gasteiger partial charge in [-0.2, -0.15) is 0 Å². The van der Waals surface area contributed by atoms with Crippen molar-refractivity contribution in [3.8, 4) is 0 Å². The number of rotatable bonds is 0. The van der Waals surface area contributed by atoms with E-state index < -0.39 is 0 Å². The molecule has 2 nitrogen and oxygen atoms in total. The first kappa shape index (κ1) is 16.4. The van der Waals surface area contributed by atoms with Gasteiger partial charge in [-0.1, -0.05) is 13.8 Å². The lowest BCUT2D eigenvalue weighted by molar-refractivity contribution is 0.418. The van der Waals surface area contributed by atoms with Gasteiger partial charge in [0.1, 0.15) is 0 Å². The van der Waals surface area contributed by atoms with Gasteiger partial charge in [0.2, 0.25) is 0 Å². The zero-order valence-corrected chi connectivity index (χ0v) is 11.3. The largest absolute Gasteiger partial charge is 0.315 e. The zero-order valence-electron chi connectivity index (χ0n) is 11.3. The number of nitrogens with zero attached hydrogens (tertiary/aromatic N) is 1. The van der Waals surface area contributed by atoms with Crippen LogP contribution < -0.4 is 5.32 Å². The molecule has 1 N–H and O–H groups in total. The molecule has 0 unspecified atom stereocenters. The van der Waals surface area contributed by atoms with Crippen LogP contribution in [0.4, 0.5) is 0 Å². The summed E-state index contributed by atoms with van der Waals surface area (Å²) in [5, 5.41) is 3.10. The number of nitrogens with one attached hydrogen (secondary N) is 1. The monoisotopic (exact) mass is 202 g/mol. The van der Waals surface area contributed by atoms with E-state index in [1.165, 1.54) is 25.9 Å². The van der Waals surface area contributed by atoms with Crippen LogP contribution in [0.15, 0.2) is 0 Å². The van der Waals surface area contributed by atoms with Crippen molar-refractivity contribution < 1.29 is 0 Å². The molecule has 1 fully saturated rings. The molecule has 0 atom stereocenters. The van der Waals surface area contributed by atoms with Crippen molar-refractivity contribution >= 4 is 0 Å². The first-order valence-electron chi connectivity index (χ1n) is 5.83. The summed E-state index contributed by atoms with van der Waals surface area (Å²) >= 11 is 0. The van der Waals surface area contributed by atoms with Crippen LogP contribution in [0.3, 0.4) is 0 Å². The minimum absolute atomic E-state index is 0.292. The van der Waals surface area contributed by atoms with Crippen molar-refractivity contribution in [2.24, 2.45) is 0 Å². The van der Waals surface area contributed by atoms with Crippen molar-refractivity contribution in [3.63, 3.8) is 0 Å². The van der Waals surface area contributed by atoms with Crippen LogP contribution in [0.2, 0.25) is 0 Å². The van der Waals surface area contributed by atoms with E-state index in [0.29, 0.717) is 5.54 Å². The molecule has 1 aliphatic rings. The normalized spacial score (nSPS) is 16.5. The highest BCUT2D eigenvalue weighted by atomic mass is 15.1. The second-order valence-corrected chi connectivity index (χ2v) is 4.51. The van der Waals surface area contributed by atoms with Crippen LogP contribution in [0, 0.1) is 0 Å². The fourth-order valence-electron chi connectivity index (χ4n) is 0.875. The van der Waals surface area contributed by atoms with E-state index in [-0.39, 0.29) is 0 Å². The molecule has 0 aromatic rings. The second kappa shape index (κ2) is 9.47. The third kappa shape index (κ3) is 14.4. The Hall–Kier alpha value is -0.0800. The molecule has 0 amide bonds. The molecule has 1 heterocycles. The molecule has 0 saturated carbocycles. The topological polar surface area (TPSA) is 15.3 Å². The van der Waals surface area contributed by atoms with E-state index in [9.17, 15) is 0 Å². The number of hydrogen-bond acceptors (Lipinski definition) is 2. The summed E-state index contributed by atoms with van der Waals surface area (Å²) in [6.45, 7) is 13.0. The van der Waals surface area contributed by atoms with Gasteiger partial charge in [-0.15, -0.1) is 0 Å². The second-order valence-electron chi connectivity index (χ2n) is 4.51. The molecular weight excluding hydrogens is 172 g/mol. The number of hydrogen-bond donors (Lipinski definition) is 1. The van der Waals surface area contributed by atoms with Gasteiger partial charge in [-0.25, -0.2) is 0 Å². The van der Waals surface area contributed by atoms with Crippen molar-refractivity contribution in [2.75, 3.05) is 27.2 Å². The van der Waals surface area contributed by atoms with Crippen LogP contribution in [-0.4, -0.2) is 37.6 Å². The molecule has 0 bridgehead atoms. The first-order chi connectivity index (χ1) is 6.45. The standard InChI is InChI=1S/C5H11N.C5H13N.C2H6/c1-6-4-2-3-5-6;1-5(2,3)6-4;1-2/h2-5H2,1H3;6H,1-4H3;1-2H3. The fourth-order valence-corrected chi connectivity index (χ4v) is 0.875. The van der Waals surface area contributed by atoms with Crippen molar-refractivity contribution in [1.82, 2.24) is 10.2 Å². The van der Waals surface area contributed by atoms with Crippen LogP contribution in [0.5, 0.6) is 0 Å². The molecule has 88 valence electrons. The summed E-state index contributed by atoms with van der Waals surface area (Å²) in [5.41, 5.74) is 0.292. The summed E-state index contributed by atoms with van der Waals surface area (Å²) in [6.07, 6.45) is 2.83. The Morgan fingerprint density at radius 2 is 1.29 bits per heavy atom. The maximum Gasteiger partial charge on any atom is 0.00935 e. The van der Waals surface area contributed by atoms with E-state index in [1.54, 1.807) is 0 Å². The molecule has 0 radical (unpaired) electrons. The minimum atomic E-state index is 0.292. The van der Waals surface area contributed by atoms with Crippen LogP contribution in [-0.2, 0) is 0 Å². The third-order valence-corrected chi connectivity index (χ3v) is 2.08. The zero-order chi connectivity index (χ0) is 11.6. The highest BCUT2D eigenvalue weighted by Gasteiger charge is 2.03. The lowest BCUT2D eigenvalue weighted by Gasteiger charge is -2.15. The molecule has 2 heteroatoms. The summed E-state index contributed by atoms with van der Waals surface area (Å²) < 4.78 is 0. The van der Waals surface area contributed by atoms with E-state index in [4.69, 9.17) is 0 Å². The Balaban J connectivity index is 0. The van der Waals surface area contributed by atoms with E-state index in [0.717, 1.165) is 0 Å².